The van der Waals surface area contributed by atoms with Crippen LogP contribution in [0.1, 0.15) is 29.5 Å². The topological polar surface area (TPSA) is 114 Å². The number of imide groups is 1. The summed E-state index contributed by atoms with van der Waals surface area (Å²) < 4.78 is 10.3. The first-order valence-corrected chi connectivity index (χ1v) is 11.9. The summed E-state index contributed by atoms with van der Waals surface area (Å²) >= 11 is 0. The number of benzene rings is 3. The van der Waals surface area contributed by atoms with E-state index in [-0.39, 0.29) is 19.6 Å². The van der Waals surface area contributed by atoms with Crippen LogP contribution in [-0.4, -0.2) is 42.2 Å². The van der Waals surface area contributed by atoms with Gasteiger partial charge in [0.1, 0.15) is 6.61 Å². The summed E-state index contributed by atoms with van der Waals surface area (Å²) in [5.41, 5.74) is 0.637. The number of esters is 1. The number of hydrogen-bond acceptors (Lipinski definition) is 6. The molecule has 1 aliphatic heterocycles. The Hall–Kier alpha value is -4.66. The summed E-state index contributed by atoms with van der Waals surface area (Å²) in [5.74, 6) is -1.14. The predicted molar refractivity (Wildman–Crippen MR) is 134 cm³/mol. The van der Waals surface area contributed by atoms with E-state index in [1.54, 1.807) is 48.5 Å². The molecule has 9 nitrogen and oxygen atoms in total. The van der Waals surface area contributed by atoms with Crippen molar-refractivity contribution in [3.63, 3.8) is 0 Å². The molecule has 0 radical (unpaired) electrons. The first-order valence-electron chi connectivity index (χ1n) is 11.9. The Morgan fingerprint density at radius 3 is 1.97 bits per heavy atom. The van der Waals surface area contributed by atoms with Gasteiger partial charge in [-0.2, -0.15) is 0 Å². The molecule has 0 bridgehead atoms. The molecule has 0 unspecified atom stereocenters. The van der Waals surface area contributed by atoms with Gasteiger partial charge in [-0.1, -0.05) is 91.0 Å². The molecule has 3 aromatic carbocycles. The number of hydrogen-bond donors (Lipinski definition) is 2. The highest BCUT2D eigenvalue weighted by Gasteiger charge is 2.54. The largest absolute Gasteiger partial charge is 0.445 e. The molecule has 1 saturated heterocycles. The number of carbonyl (C=O) groups is 4. The minimum absolute atomic E-state index is 0.00880. The molecule has 4 rings (SSSR count). The van der Waals surface area contributed by atoms with Gasteiger partial charge in [-0.15, -0.1) is 0 Å². The van der Waals surface area contributed by atoms with E-state index < -0.39 is 36.3 Å². The predicted octanol–water partition coefficient (Wildman–Crippen LogP) is 3.69. The summed E-state index contributed by atoms with van der Waals surface area (Å²) in [6, 6.07) is 26.4. The molecule has 1 fully saturated rings. The minimum Gasteiger partial charge on any atom is -0.445 e. The van der Waals surface area contributed by atoms with Crippen molar-refractivity contribution >= 4 is 24.0 Å². The quantitative estimate of drug-likeness (QED) is 0.249. The maximum Gasteiger partial charge on any atom is 0.407 e. The van der Waals surface area contributed by atoms with Gasteiger partial charge in [0.15, 0.2) is 12.3 Å². The molecule has 9 heteroatoms. The molecule has 190 valence electrons. The number of rotatable bonds is 10. The second-order valence-corrected chi connectivity index (χ2v) is 8.38. The lowest BCUT2D eigenvalue weighted by atomic mass is 9.83. The molecule has 1 heterocycles. The third-order valence-corrected chi connectivity index (χ3v) is 5.91. The third kappa shape index (κ3) is 5.95. The van der Waals surface area contributed by atoms with E-state index >= 15 is 0 Å². The van der Waals surface area contributed by atoms with Gasteiger partial charge in [-0.05, 0) is 23.1 Å². The van der Waals surface area contributed by atoms with Crippen molar-refractivity contribution in [2.45, 2.75) is 25.0 Å². The highest BCUT2D eigenvalue weighted by atomic mass is 16.6. The molecule has 0 spiro atoms. The van der Waals surface area contributed by atoms with Crippen LogP contribution in [0.25, 0.3) is 0 Å². The second-order valence-electron chi connectivity index (χ2n) is 8.38. The zero-order chi connectivity index (χ0) is 26.1. The maximum atomic E-state index is 13.5. The van der Waals surface area contributed by atoms with Crippen LogP contribution in [0.4, 0.5) is 9.59 Å². The number of nitrogens with one attached hydrogen (secondary N) is 2. The average molecular weight is 502 g/mol. The number of amides is 4. The molecule has 4 amide bonds. The van der Waals surface area contributed by atoms with Crippen molar-refractivity contribution in [3.8, 4) is 0 Å². The van der Waals surface area contributed by atoms with Gasteiger partial charge < -0.3 is 20.1 Å². The maximum absolute atomic E-state index is 13.5. The number of urea groups is 1. The molecule has 0 atom stereocenters. The smallest absolute Gasteiger partial charge is 0.407 e. The Kier molecular flexibility index (Phi) is 8.15. The van der Waals surface area contributed by atoms with Crippen molar-refractivity contribution in [1.82, 2.24) is 15.5 Å². The van der Waals surface area contributed by atoms with Gasteiger partial charge in [0.05, 0.1) is 0 Å². The molecule has 37 heavy (non-hydrogen) atoms. The minimum atomic E-state index is -1.42. The molecule has 0 aliphatic carbocycles. The zero-order valence-electron chi connectivity index (χ0n) is 20.1. The van der Waals surface area contributed by atoms with Crippen LogP contribution in [0, 0.1) is 0 Å². The third-order valence-electron chi connectivity index (χ3n) is 5.91. The Balaban J connectivity index is 1.27. The van der Waals surface area contributed by atoms with E-state index in [4.69, 9.17) is 9.47 Å². The van der Waals surface area contributed by atoms with Gasteiger partial charge in [0.25, 0.3) is 5.91 Å². The van der Waals surface area contributed by atoms with Crippen molar-refractivity contribution in [2.24, 2.45) is 0 Å². The van der Waals surface area contributed by atoms with Gasteiger partial charge in [0.2, 0.25) is 0 Å². The Morgan fingerprint density at radius 1 is 0.811 bits per heavy atom. The normalized spacial score (nSPS) is 14.1. The molecular weight excluding hydrogens is 474 g/mol. The van der Waals surface area contributed by atoms with E-state index in [9.17, 15) is 19.2 Å². The Bertz CT molecular complexity index is 1200. The van der Waals surface area contributed by atoms with Gasteiger partial charge in [-0.3, -0.25) is 9.59 Å². The molecular formula is C28H27N3O6. The van der Waals surface area contributed by atoms with E-state index in [1.807, 2.05) is 42.5 Å². The fourth-order valence-electron chi connectivity index (χ4n) is 4.03. The van der Waals surface area contributed by atoms with Crippen molar-refractivity contribution in [2.75, 3.05) is 13.3 Å². The SMILES string of the molecule is O=C(CCCNC(=O)OCc1ccccc1)OCN1C(=O)NC(c2ccccc2)(c2ccccc2)C1=O. The number of alkyl carbamates (subject to hydrolysis) is 1. The van der Waals surface area contributed by atoms with Crippen LogP contribution in [0.5, 0.6) is 0 Å². The van der Waals surface area contributed by atoms with E-state index in [1.165, 1.54) is 0 Å². The number of carbonyl (C=O) groups excluding carboxylic acids is 4. The highest BCUT2D eigenvalue weighted by Crippen LogP contribution is 2.35. The van der Waals surface area contributed by atoms with Gasteiger partial charge in [-0.25, -0.2) is 14.5 Å². The lowest BCUT2D eigenvalue weighted by molar-refractivity contribution is -0.150. The lowest BCUT2D eigenvalue weighted by Gasteiger charge is -2.27. The molecule has 0 saturated carbocycles. The average Bonchev–Trinajstić information content (AvgIpc) is 3.20. The van der Waals surface area contributed by atoms with E-state index in [0.29, 0.717) is 17.5 Å². The highest BCUT2D eigenvalue weighted by molar-refractivity contribution is 6.09. The van der Waals surface area contributed by atoms with Crippen LogP contribution in [0.3, 0.4) is 0 Å². The Morgan fingerprint density at radius 2 is 1.38 bits per heavy atom. The summed E-state index contributed by atoms with van der Waals surface area (Å²) in [7, 11) is 0. The van der Waals surface area contributed by atoms with Crippen molar-refractivity contribution in [1.29, 1.82) is 0 Å². The molecule has 2 N–H and O–H groups in total. The molecule has 1 aliphatic rings. The second kappa shape index (κ2) is 11.9. The lowest BCUT2D eigenvalue weighted by Crippen LogP contribution is -2.45. The van der Waals surface area contributed by atoms with Gasteiger partial charge in [0, 0.05) is 13.0 Å². The first-order chi connectivity index (χ1) is 18.0. The van der Waals surface area contributed by atoms with E-state index in [0.717, 1.165) is 10.5 Å². The monoisotopic (exact) mass is 501 g/mol. The summed E-state index contributed by atoms with van der Waals surface area (Å²) in [4.78, 5) is 51.3. The fourth-order valence-corrected chi connectivity index (χ4v) is 4.03. The first kappa shape index (κ1) is 25.4. The molecule has 3 aromatic rings. The zero-order valence-corrected chi connectivity index (χ0v) is 20.1. The van der Waals surface area contributed by atoms with Crippen LogP contribution < -0.4 is 10.6 Å². The van der Waals surface area contributed by atoms with Crippen LogP contribution >= 0.6 is 0 Å². The summed E-state index contributed by atoms with van der Waals surface area (Å²) in [5, 5.41) is 5.37. The summed E-state index contributed by atoms with van der Waals surface area (Å²) in [6.45, 7) is -0.164. The van der Waals surface area contributed by atoms with Gasteiger partial charge >= 0.3 is 18.1 Å². The Labute approximate surface area is 214 Å². The summed E-state index contributed by atoms with van der Waals surface area (Å²) in [6.07, 6.45) is -0.294. The van der Waals surface area contributed by atoms with Crippen molar-refractivity contribution < 1.29 is 28.7 Å². The van der Waals surface area contributed by atoms with E-state index in [2.05, 4.69) is 10.6 Å². The van der Waals surface area contributed by atoms with Crippen LogP contribution in [-0.2, 0) is 31.2 Å². The molecule has 0 aromatic heterocycles. The number of ether oxygens (including phenoxy) is 2. The van der Waals surface area contributed by atoms with Crippen LogP contribution in [0.15, 0.2) is 91.0 Å². The van der Waals surface area contributed by atoms with Crippen LogP contribution in [0.2, 0.25) is 0 Å². The standard InChI is InChI=1S/C28H27N3O6/c32-24(17-10-18-29-27(35)36-19-21-11-4-1-5-12-21)37-20-31-25(33)28(30-26(31)34,22-13-6-2-7-14-22)23-15-8-3-9-16-23/h1-9,11-16H,10,17-20H2,(H,29,35)(H,30,34). The number of nitrogens with zero attached hydrogens (tertiary/aromatic N) is 1. The fraction of sp³-hybridized carbons (Fsp3) is 0.214. The van der Waals surface area contributed by atoms with Crippen molar-refractivity contribution in [3.05, 3.63) is 108 Å².